The molecule has 0 atom stereocenters. The second kappa shape index (κ2) is 10.5. The van der Waals surface area contributed by atoms with E-state index in [1.54, 1.807) is 7.11 Å². The van der Waals surface area contributed by atoms with Crippen molar-refractivity contribution in [2.75, 3.05) is 33.3 Å². The van der Waals surface area contributed by atoms with E-state index in [0.717, 1.165) is 60.9 Å². The highest BCUT2D eigenvalue weighted by molar-refractivity contribution is 5.94. The highest BCUT2D eigenvalue weighted by atomic mass is 16.5. The summed E-state index contributed by atoms with van der Waals surface area (Å²) in [5.41, 5.74) is 5.23. The molecule has 33 heavy (non-hydrogen) atoms. The van der Waals surface area contributed by atoms with Gasteiger partial charge in [-0.25, -0.2) is 0 Å². The SMILES string of the molecule is COc1cccc(CN2CCN(C(=O)c3cccc(COc4cc(C)ccc4C)c3)CC2)c1. The molecule has 0 aliphatic carbocycles. The van der Waals surface area contributed by atoms with Gasteiger partial charge in [-0.05, 0) is 66.4 Å². The zero-order valence-corrected chi connectivity index (χ0v) is 19.7. The Bertz CT molecular complexity index is 1100. The maximum atomic E-state index is 13.1. The van der Waals surface area contributed by atoms with Crippen molar-refractivity contribution >= 4 is 5.91 Å². The fourth-order valence-electron chi connectivity index (χ4n) is 4.14. The first-order chi connectivity index (χ1) is 16.0. The molecule has 3 aromatic carbocycles. The van der Waals surface area contributed by atoms with Gasteiger partial charge in [0, 0.05) is 38.3 Å². The maximum absolute atomic E-state index is 13.1. The Labute approximate surface area is 196 Å². The summed E-state index contributed by atoms with van der Waals surface area (Å²) >= 11 is 0. The first-order valence-electron chi connectivity index (χ1n) is 11.5. The standard InChI is InChI=1S/C28H32N2O3/c1-21-10-11-22(2)27(16-21)33-20-24-7-4-8-25(17-24)28(31)30-14-12-29(13-15-30)19-23-6-5-9-26(18-23)32-3/h4-11,16-18H,12-15,19-20H2,1-3H3. The van der Waals surface area contributed by atoms with Crippen LogP contribution in [0.3, 0.4) is 0 Å². The number of hydrogen-bond acceptors (Lipinski definition) is 4. The van der Waals surface area contributed by atoms with Gasteiger partial charge in [-0.1, -0.05) is 36.4 Å². The fourth-order valence-corrected chi connectivity index (χ4v) is 4.14. The molecule has 172 valence electrons. The molecule has 0 spiro atoms. The first-order valence-corrected chi connectivity index (χ1v) is 11.5. The highest BCUT2D eigenvalue weighted by Gasteiger charge is 2.22. The summed E-state index contributed by atoms with van der Waals surface area (Å²) in [7, 11) is 1.69. The van der Waals surface area contributed by atoms with E-state index in [1.165, 1.54) is 11.1 Å². The Balaban J connectivity index is 1.32. The lowest BCUT2D eigenvalue weighted by atomic mass is 10.1. The molecule has 5 nitrogen and oxygen atoms in total. The van der Waals surface area contributed by atoms with E-state index in [9.17, 15) is 4.79 Å². The van der Waals surface area contributed by atoms with Crippen LogP contribution in [0.5, 0.6) is 11.5 Å². The Hall–Kier alpha value is -3.31. The lowest BCUT2D eigenvalue weighted by Crippen LogP contribution is -2.48. The van der Waals surface area contributed by atoms with Gasteiger partial charge in [0.15, 0.2) is 0 Å². The molecule has 1 saturated heterocycles. The van der Waals surface area contributed by atoms with E-state index in [1.807, 2.05) is 48.2 Å². The van der Waals surface area contributed by atoms with Crippen molar-refractivity contribution in [3.05, 3.63) is 94.5 Å². The Kier molecular flexibility index (Phi) is 7.30. The molecule has 0 aromatic heterocycles. The molecule has 0 bridgehead atoms. The van der Waals surface area contributed by atoms with Crippen LogP contribution >= 0.6 is 0 Å². The van der Waals surface area contributed by atoms with Gasteiger partial charge in [-0.15, -0.1) is 0 Å². The third-order valence-electron chi connectivity index (χ3n) is 6.11. The summed E-state index contributed by atoms with van der Waals surface area (Å²) in [6.45, 7) is 8.59. The average Bonchev–Trinajstić information content (AvgIpc) is 2.85. The molecule has 0 radical (unpaired) electrons. The predicted octanol–water partition coefficient (Wildman–Crippen LogP) is 4.85. The number of methoxy groups -OCH3 is 1. The molecule has 1 aliphatic rings. The molecular weight excluding hydrogens is 412 g/mol. The van der Waals surface area contributed by atoms with Crippen molar-refractivity contribution in [2.45, 2.75) is 27.0 Å². The number of piperazine rings is 1. The van der Waals surface area contributed by atoms with Gasteiger partial charge >= 0.3 is 0 Å². The van der Waals surface area contributed by atoms with Crippen LogP contribution in [0.15, 0.2) is 66.7 Å². The Morgan fingerprint density at radius 1 is 0.879 bits per heavy atom. The molecule has 1 aliphatic heterocycles. The average molecular weight is 445 g/mol. The number of rotatable bonds is 7. The van der Waals surface area contributed by atoms with Crippen molar-refractivity contribution < 1.29 is 14.3 Å². The third-order valence-corrected chi connectivity index (χ3v) is 6.11. The van der Waals surface area contributed by atoms with Crippen molar-refractivity contribution in [3.8, 4) is 11.5 Å². The predicted molar refractivity (Wildman–Crippen MR) is 131 cm³/mol. The number of carbonyl (C=O) groups is 1. The van der Waals surface area contributed by atoms with Crippen LogP contribution < -0.4 is 9.47 Å². The van der Waals surface area contributed by atoms with Crippen LogP contribution in [-0.2, 0) is 13.2 Å². The lowest BCUT2D eigenvalue weighted by Gasteiger charge is -2.35. The lowest BCUT2D eigenvalue weighted by molar-refractivity contribution is 0.0628. The summed E-state index contributed by atoms with van der Waals surface area (Å²) in [4.78, 5) is 17.5. The van der Waals surface area contributed by atoms with Crippen LogP contribution in [0.1, 0.15) is 32.6 Å². The zero-order chi connectivity index (χ0) is 23.2. The van der Waals surface area contributed by atoms with Crippen LogP contribution in [0, 0.1) is 13.8 Å². The van der Waals surface area contributed by atoms with E-state index < -0.39 is 0 Å². The van der Waals surface area contributed by atoms with Crippen molar-refractivity contribution in [2.24, 2.45) is 0 Å². The van der Waals surface area contributed by atoms with E-state index in [-0.39, 0.29) is 5.91 Å². The van der Waals surface area contributed by atoms with Gasteiger partial charge in [0.05, 0.1) is 7.11 Å². The number of aryl methyl sites for hydroxylation is 2. The van der Waals surface area contributed by atoms with Crippen LogP contribution in [0.2, 0.25) is 0 Å². The third kappa shape index (κ3) is 5.93. The minimum Gasteiger partial charge on any atom is -0.497 e. The molecule has 4 rings (SSSR count). The van der Waals surface area contributed by atoms with Gasteiger partial charge in [0.25, 0.3) is 5.91 Å². The zero-order valence-electron chi connectivity index (χ0n) is 19.7. The second-order valence-electron chi connectivity index (χ2n) is 8.68. The largest absolute Gasteiger partial charge is 0.497 e. The summed E-state index contributed by atoms with van der Waals surface area (Å²) < 4.78 is 11.4. The molecule has 3 aromatic rings. The van der Waals surface area contributed by atoms with E-state index in [2.05, 4.69) is 42.2 Å². The summed E-state index contributed by atoms with van der Waals surface area (Å²) in [5, 5.41) is 0. The smallest absolute Gasteiger partial charge is 0.253 e. The molecule has 1 amide bonds. The van der Waals surface area contributed by atoms with Gasteiger partial charge in [0.1, 0.15) is 18.1 Å². The van der Waals surface area contributed by atoms with E-state index in [4.69, 9.17) is 9.47 Å². The highest BCUT2D eigenvalue weighted by Crippen LogP contribution is 2.21. The first kappa shape index (κ1) is 22.9. The quantitative estimate of drug-likeness (QED) is 0.523. The summed E-state index contributed by atoms with van der Waals surface area (Å²) in [6.07, 6.45) is 0. The van der Waals surface area contributed by atoms with Gasteiger partial charge in [-0.2, -0.15) is 0 Å². The number of ether oxygens (including phenoxy) is 2. The monoisotopic (exact) mass is 444 g/mol. The molecular formula is C28H32N2O3. The van der Waals surface area contributed by atoms with Gasteiger partial charge in [0.2, 0.25) is 0 Å². The normalized spacial score (nSPS) is 14.2. The van der Waals surface area contributed by atoms with Crippen LogP contribution in [0.25, 0.3) is 0 Å². The van der Waals surface area contributed by atoms with Crippen LogP contribution in [0.4, 0.5) is 0 Å². The van der Waals surface area contributed by atoms with Gasteiger partial charge < -0.3 is 14.4 Å². The van der Waals surface area contributed by atoms with Gasteiger partial charge in [-0.3, -0.25) is 9.69 Å². The molecule has 0 N–H and O–H groups in total. The number of amides is 1. The van der Waals surface area contributed by atoms with Crippen molar-refractivity contribution in [1.29, 1.82) is 0 Å². The number of hydrogen-bond donors (Lipinski definition) is 0. The fraction of sp³-hybridized carbons (Fsp3) is 0.321. The number of nitrogens with zero attached hydrogens (tertiary/aromatic N) is 2. The molecule has 0 unspecified atom stereocenters. The molecule has 5 heteroatoms. The van der Waals surface area contributed by atoms with Crippen molar-refractivity contribution in [1.82, 2.24) is 9.80 Å². The second-order valence-corrected chi connectivity index (χ2v) is 8.68. The van der Waals surface area contributed by atoms with E-state index >= 15 is 0 Å². The minimum atomic E-state index is 0.0876. The minimum absolute atomic E-state index is 0.0876. The van der Waals surface area contributed by atoms with E-state index in [0.29, 0.717) is 6.61 Å². The molecule has 0 saturated carbocycles. The van der Waals surface area contributed by atoms with Crippen LogP contribution in [-0.4, -0.2) is 49.0 Å². The molecule has 1 fully saturated rings. The number of benzene rings is 3. The number of carbonyl (C=O) groups excluding carboxylic acids is 1. The topological polar surface area (TPSA) is 42.0 Å². The van der Waals surface area contributed by atoms with Crippen molar-refractivity contribution in [3.63, 3.8) is 0 Å². The molecule has 1 heterocycles. The maximum Gasteiger partial charge on any atom is 0.253 e. The Morgan fingerprint density at radius 2 is 1.64 bits per heavy atom. The summed E-state index contributed by atoms with van der Waals surface area (Å²) in [5.74, 6) is 1.85. The summed E-state index contributed by atoms with van der Waals surface area (Å²) in [6, 6.07) is 22.2. The Morgan fingerprint density at radius 3 is 2.42 bits per heavy atom.